The minimum Gasteiger partial charge on any atom is -0.324 e. The highest BCUT2D eigenvalue weighted by atomic mass is 15.1. The first-order valence-corrected chi connectivity index (χ1v) is 7.21. The third-order valence-corrected chi connectivity index (χ3v) is 3.79. The van der Waals surface area contributed by atoms with E-state index < -0.39 is 0 Å². The van der Waals surface area contributed by atoms with E-state index in [9.17, 15) is 0 Å². The van der Waals surface area contributed by atoms with E-state index in [-0.39, 0.29) is 5.54 Å². The van der Waals surface area contributed by atoms with Crippen LogP contribution in [0, 0.1) is 0 Å². The third-order valence-electron chi connectivity index (χ3n) is 3.79. The van der Waals surface area contributed by atoms with Crippen molar-refractivity contribution in [2.24, 2.45) is 5.73 Å². The molecule has 1 saturated carbocycles. The Labute approximate surface area is 102 Å². The maximum absolute atomic E-state index is 6.46. The fourth-order valence-corrected chi connectivity index (χ4v) is 2.72. The average Bonchev–Trinajstić information content (AvgIpc) is 2.69. The van der Waals surface area contributed by atoms with E-state index in [0.29, 0.717) is 0 Å². The van der Waals surface area contributed by atoms with Gasteiger partial charge in [0.05, 0.1) is 0 Å². The van der Waals surface area contributed by atoms with Gasteiger partial charge in [-0.1, -0.05) is 39.5 Å². The molecule has 0 aromatic carbocycles. The van der Waals surface area contributed by atoms with Crippen LogP contribution in [0.1, 0.15) is 65.2 Å². The van der Waals surface area contributed by atoms with Gasteiger partial charge in [-0.25, -0.2) is 0 Å². The van der Waals surface area contributed by atoms with Crippen molar-refractivity contribution in [3.63, 3.8) is 0 Å². The van der Waals surface area contributed by atoms with E-state index in [0.717, 1.165) is 6.54 Å². The molecule has 0 atom stereocenters. The van der Waals surface area contributed by atoms with Crippen molar-refractivity contribution in [1.29, 1.82) is 0 Å². The van der Waals surface area contributed by atoms with Crippen LogP contribution in [0.25, 0.3) is 0 Å². The van der Waals surface area contributed by atoms with Crippen molar-refractivity contribution in [3.05, 3.63) is 0 Å². The predicted octanol–water partition coefficient (Wildman–Crippen LogP) is 3.16. The van der Waals surface area contributed by atoms with Crippen molar-refractivity contribution < 1.29 is 0 Å². The Morgan fingerprint density at radius 3 is 1.94 bits per heavy atom. The summed E-state index contributed by atoms with van der Waals surface area (Å²) in [6, 6.07) is 0. The zero-order valence-corrected chi connectivity index (χ0v) is 11.3. The van der Waals surface area contributed by atoms with Crippen LogP contribution in [0.5, 0.6) is 0 Å². The minimum absolute atomic E-state index is 0.140. The summed E-state index contributed by atoms with van der Waals surface area (Å²) in [5.41, 5.74) is 6.60. The first-order valence-electron chi connectivity index (χ1n) is 7.21. The van der Waals surface area contributed by atoms with Crippen molar-refractivity contribution >= 4 is 0 Å². The van der Waals surface area contributed by atoms with Crippen molar-refractivity contribution in [1.82, 2.24) is 4.90 Å². The SMILES string of the molecule is CCCCN(CCCC)CC1(N)CCCC1. The Balaban J connectivity index is 2.34. The summed E-state index contributed by atoms with van der Waals surface area (Å²) in [7, 11) is 0. The Kier molecular flexibility index (Phi) is 6.37. The molecule has 96 valence electrons. The molecule has 1 aliphatic rings. The molecule has 0 spiro atoms. The molecule has 0 aliphatic heterocycles. The van der Waals surface area contributed by atoms with E-state index in [1.807, 2.05) is 0 Å². The van der Waals surface area contributed by atoms with Crippen LogP contribution in [0.2, 0.25) is 0 Å². The highest BCUT2D eigenvalue weighted by Gasteiger charge is 2.30. The van der Waals surface area contributed by atoms with Crippen LogP contribution in [-0.4, -0.2) is 30.1 Å². The number of rotatable bonds is 8. The van der Waals surface area contributed by atoms with Crippen LogP contribution in [0.15, 0.2) is 0 Å². The lowest BCUT2D eigenvalue weighted by Gasteiger charge is -2.32. The van der Waals surface area contributed by atoms with Crippen LogP contribution >= 0.6 is 0 Å². The minimum atomic E-state index is 0.140. The Hall–Kier alpha value is -0.0800. The second-order valence-electron chi connectivity index (χ2n) is 5.55. The molecule has 0 aromatic heterocycles. The van der Waals surface area contributed by atoms with Crippen LogP contribution in [-0.2, 0) is 0 Å². The highest BCUT2D eigenvalue weighted by Crippen LogP contribution is 2.28. The van der Waals surface area contributed by atoms with Gasteiger partial charge in [-0.05, 0) is 38.8 Å². The number of unbranched alkanes of at least 4 members (excludes halogenated alkanes) is 2. The van der Waals surface area contributed by atoms with E-state index in [1.54, 1.807) is 0 Å². The maximum atomic E-state index is 6.46. The maximum Gasteiger partial charge on any atom is 0.0283 e. The van der Waals surface area contributed by atoms with Crippen LogP contribution in [0.3, 0.4) is 0 Å². The Morgan fingerprint density at radius 2 is 1.50 bits per heavy atom. The number of hydrogen-bond donors (Lipinski definition) is 1. The van der Waals surface area contributed by atoms with Crippen LogP contribution in [0.4, 0.5) is 0 Å². The van der Waals surface area contributed by atoms with Gasteiger partial charge in [0.1, 0.15) is 0 Å². The molecule has 0 saturated heterocycles. The van der Waals surface area contributed by atoms with Gasteiger partial charge in [0.15, 0.2) is 0 Å². The second kappa shape index (κ2) is 7.29. The van der Waals surface area contributed by atoms with Gasteiger partial charge in [0.2, 0.25) is 0 Å². The lowest BCUT2D eigenvalue weighted by molar-refractivity contribution is 0.204. The van der Waals surface area contributed by atoms with Crippen LogP contribution < -0.4 is 5.73 Å². The zero-order valence-electron chi connectivity index (χ0n) is 11.3. The summed E-state index contributed by atoms with van der Waals surface area (Å²) < 4.78 is 0. The summed E-state index contributed by atoms with van der Waals surface area (Å²) in [6.07, 6.45) is 10.4. The van der Waals surface area contributed by atoms with Gasteiger partial charge in [0.25, 0.3) is 0 Å². The molecule has 2 heteroatoms. The molecule has 0 bridgehead atoms. The van der Waals surface area contributed by atoms with Gasteiger partial charge in [-0.3, -0.25) is 0 Å². The number of nitrogens with two attached hydrogens (primary N) is 1. The molecule has 2 nitrogen and oxygen atoms in total. The van der Waals surface area contributed by atoms with E-state index in [1.165, 1.54) is 64.5 Å². The summed E-state index contributed by atoms with van der Waals surface area (Å²) in [6.45, 7) is 8.16. The van der Waals surface area contributed by atoms with E-state index >= 15 is 0 Å². The lowest BCUT2D eigenvalue weighted by atomic mass is 9.98. The van der Waals surface area contributed by atoms with E-state index in [2.05, 4.69) is 18.7 Å². The van der Waals surface area contributed by atoms with Gasteiger partial charge >= 0.3 is 0 Å². The molecule has 0 heterocycles. The van der Waals surface area contributed by atoms with E-state index in [4.69, 9.17) is 5.73 Å². The van der Waals surface area contributed by atoms with Crippen molar-refractivity contribution in [2.45, 2.75) is 70.8 Å². The van der Waals surface area contributed by atoms with Crippen molar-refractivity contribution in [2.75, 3.05) is 19.6 Å². The summed E-state index contributed by atoms with van der Waals surface area (Å²) in [5, 5.41) is 0. The first kappa shape index (κ1) is 14.0. The summed E-state index contributed by atoms with van der Waals surface area (Å²) in [4.78, 5) is 2.61. The fraction of sp³-hybridized carbons (Fsp3) is 1.00. The second-order valence-corrected chi connectivity index (χ2v) is 5.55. The molecular formula is C14H30N2. The predicted molar refractivity (Wildman–Crippen MR) is 71.6 cm³/mol. The van der Waals surface area contributed by atoms with Crippen molar-refractivity contribution in [3.8, 4) is 0 Å². The molecule has 0 amide bonds. The Bertz CT molecular complexity index is 166. The molecular weight excluding hydrogens is 196 g/mol. The molecule has 16 heavy (non-hydrogen) atoms. The number of hydrogen-bond acceptors (Lipinski definition) is 2. The largest absolute Gasteiger partial charge is 0.324 e. The monoisotopic (exact) mass is 226 g/mol. The fourth-order valence-electron chi connectivity index (χ4n) is 2.72. The highest BCUT2D eigenvalue weighted by molar-refractivity contribution is 4.92. The molecule has 1 rings (SSSR count). The molecule has 0 aromatic rings. The summed E-state index contributed by atoms with van der Waals surface area (Å²) >= 11 is 0. The first-order chi connectivity index (χ1) is 7.70. The summed E-state index contributed by atoms with van der Waals surface area (Å²) in [5.74, 6) is 0. The van der Waals surface area contributed by atoms with Gasteiger partial charge in [-0.15, -0.1) is 0 Å². The lowest BCUT2D eigenvalue weighted by Crippen LogP contribution is -2.48. The molecule has 1 fully saturated rings. The quantitative estimate of drug-likeness (QED) is 0.689. The Morgan fingerprint density at radius 1 is 1.00 bits per heavy atom. The van der Waals surface area contributed by atoms with Gasteiger partial charge in [-0.2, -0.15) is 0 Å². The molecule has 0 radical (unpaired) electrons. The van der Waals surface area contributed by atoms with Gasteiger partial charge in [0, 0.05) is 12.1 Å². The average molecular weight is 226 g/mol. The number of nitrogens with zero attached hydrogens (tertiary/aromatic N) is 1. The topological polar surface area (TPSA) is 29.3 Å². The third kappa shape index (κ3) is 4.84. The molecule has 0 unspecified atom stereocenters. The van der Waals surface area contributed by atoms with Gasteiger partial charge < -0.3 is 10.6 Å². The standard InChI is InChI=1S/C14H30N2/c1-3-5-11-16(12-6-4-2)13-14(15)9-7-8-10-14/h3-13,15H2,1-2H3. The molecule has 1 aliphatic carbocycles. The smallest absolute Gasteiger partial charge is 0.0283 e. The normalized spacial score (nSPS) is 19.5. The molecule has 2 N–H and O–H groups in total. The zero-order chi connectivity index (χ0) is 11.9.